The van der Waals surface area contributed by atoms with Crippen LogP contribution in [0.15, 0.2) is 40.6 Å². The molecule has 0 bridgehead atoms. The second-order valence-electron chi connectivity index (χ2n) is 5.81. The predicted molar refractivity (Wildman–Crippen MR) is 109 cm³/mol. The Hall–Kier alpha value is -2.60. The number of nitro benzene ring substituents is 1. The molecule has 0 aliphatic heterocycles. The summed E-state index contributed by atoms with van der Waals surface area (Å²) in [6.07, 6.45) is 0. The molecule has 0 radical (unpaired) electrons. The van der Waals surface area contributed by atoms with Crippen molar-refractivity contribution in [1.29, 1.82) is 0 Å². The minimum Gasteiger partial charge on any atom is -0.449 e. The van der Waals surface area contributed by atoms with Gasteiger partial charge < -0.3 is 4.74 Å². The minimum atomic E-state index is -3.81. The Kier molecular flexibility index (Phi) is 4.54. The van der Waals surface area contributed by atoms with Crippen molar-refractivity contribution >= 4 is 58.7 Å². The van der Waals surface area contributed by atoms with E-state index in [2.05, 4.69) is 9.71 Å². The lowest BCUT2D eigenvalue weighted by Gasteiger charge is -2.09. The number of nitrogens with one attached hydrogen (secondary N) is 1. The van der Waals surface area contributed by atoms with Crippen LogP contribution in [0.4, 0.5) is 5.69 Å². The molecule has 0 amide bonds. The number of aromatic nitrogens is 1. The highest BCUT2D eigenvalue weighted by atomic mass is 32.2. The van der Waals surface area contributed by atoms with Crippen LogP contribution in [-0.2, 0) is 10.0 Å². The van der Waals surface area contributed by atoms with Gasteiger partial charge in [-0.25, -0.2) is 18.1 Å². The Balaban J connectivity index is 1.86. The van der Waals surface area contributed by atoms with Crippen molar-refractivity contribution in [3.8, 4) is 11.5 Å². The second-order valence-corrected chi connectivity index (χ2v) is 9.85. The highest BCUT2D eigenvalue weighted by Gasteiger charge is 2.23. The largest absolute Gasteiger partial charge is 0.449 e. The van der Waals surface area contributed by atoms with Crippen LogP contribution in [0.25, 0.3) is 20.3 Å². The van der Waals surface area contributed by atoms with Gasteiger partial charge in [-0.1, -0.05) is 0 Å². The molecule has 0 saturated carbocycles. The van der Waals surface area contributed by atoms with Crippen LogP contribution in [0.3, 0.4) is 0 Å². The number of benzene rings is 2. The Morgan fingerprint density at radius 1 is 1.21 bits per heavy atom. The molecule has 28 heavy (non-hydrogen) atoms. The Morgan fingerprint density at radius 2 is 2.00 bits per heavy atom. The number of nitro groups is 1. The summed E-state index contributed by atoms with van der Waals surface area (Å²) < 4.78 is 33.8. The van der Waals surface area contributed by atoms with E-state index in [0.29, 0.717) is 5.75 Å². The van der Waals surface area contributed by atoms with Crippen LogP contribution in [0.2, 0.25) is 0 Å². The van der Waals surface area contributed by atoms with Crippen LogP contribution >= 0.6 is 22.7 Å². The normalized spacial score (nSPS) is 11.9. The fourth-order valence-corrected chi connectivity index (χ4v) is 5.38. The van der Waals surface area contributed by atoms with Gasteiger partial charge in [0, 0.05) is 17.5 Å². The zero-order chi connectivity index (χ0) is 20.1. The highest BCUT2D eigenvalue weighted by Crippen LogP contribution is 2.42. The van der Waals surface area contributed by atoms with E-state index >= 15 is 0 Å². The molecule has 2 aromatic heterocycles. The lowest BCUT2D eigenvalue weighted by molar-refractivity contribution is -0.385. The molecule has 11 heteroatoms. The average Bonchev–Trinajstić information content (AvgIpc) is 3.27. The smallest absolute Gasteiger partial charge is 0.312 e. The number of aryl methyl sites for hydroxylation is 1. The van der Waals surface area contributed by atoms with Gasteiger partial charge in [-0.05, 0) is 37.6 Å². The van der Waals surface area contributed by atoms with Gasteiger partial charge in [0.05, 0.1) is 29.7 Å². The first kappa shape index (κ1) is 18.7. The maximum Gasteiger partial charge on any atom is 0.312 e. The van der Waals surface area contributed by atoms with Gasteiger partial charge in [0.25, 0.3) is 0 Å². The first-order chi connectivity index (χ1) is 13.3. The van der Waals surface area contributed by atoms with Gasteiger partial charge in [-0.15, -0.1) is 22.7 Å². The van der Waals surface area contributed by atoms with E-state index in [-0.39, 0.29) is 10.6 Å². The molecule has 0 saturated heterocycles. The monoisotopic (exact) mass is 435 g/mol. The summed E-state index contributed by atoms with van der Waals surface area (Å²) in [7, 11) is -2.57. The van der Waals surface area contributed by atoms with Crippen molar-refractivity contribution in [2.24, 2.45) is 0 Å². The average molecular weight is 436 g/mol. The van der Waals surface area contributed by atoms with E-state index in [1.165, 1.54) is 41.9 Å². The summed E-state index contributed by atoms with van der Waals surface area (Å²) in [6, 6.07) is 7.23. The van der Waals surface area contributed by atoms with E-state index in [1.54, 1.807) is 6.07 Å². The SMILES string of the molecule is CNS(=O)(=O)c1ccc(Oc2cc3sc(C)nc3c3sccc23)c([N+](=O)[O-])c1. The second kappa shape index (κ2) is 6.78. The molecule has 2 aromatic carbocycles. The number of thiophene rings is 1. The van der Waals surface area contributed by atoms with Crippen LogP contribution in [-0.4, -0.2) is 25.4 Å². The molecule has 0 spiro atoms. The summed E-state index contributed by atoms with van der Waals surface area (Å²) in [6.45, 7) is 1.91. The van der Waals surface area contributed by atoms with Crippen LogP contribution in [0, 0.1) is 17.0 Å². The van der Waals surface area contributed by atoms with Gasteiger partial charge in [0.15, 0.2) is 0 Å². The van der Waals surface area contributed by atoms with Crippen molar-refractivity contribution in [2.75, 3.05) is 7.05 Å². The molecule has 4 rings (SSSR count). The summed E-state index contributed by atoms with van der Waals surface area (Å²) in [5.74, 6) is 0.424. The molecule has 0 fully saturated rings. The van der Waals surface area contributed by atoms with Gasteiger partial charge >= 0.3 is 5.69 Å². The third-order valence-corrected chi connectivity index (χ3v) is 7.35. The number of fused-ring (bicyclic) bond motifs is 3. The van der Waals surface area contributed by atoms with Crippen molar-refractivity contribution in [2.45, 2.75) is 11.8 Å². The van der Waals surface area contributed by atoms with E-state index in [0.717, 1.165) is 31.4 Å². The van der Waals surface area contributed by atoms with Gasteiger partial charge in [0.1, 0.15) is 5.75 Å². The fraction of sp³-hybridized carbons (Fsp3) is 0.118. The molecule has 0 atom stereocenters. The Labute approximate surface area is 167 Å². The first-order valence-electron chi connectivity index (χ1n) is 7.97. The third-order valence-electron chi connectivity index (χ3n) is 4.09. The number of hydrogen-bond donors (Lipinski definition) is 1. The molecule has 144 valence electrons. The van der Waals surface area contributed by atoms with Crippen LogP contribution < -0.4 is 9.46 Å². The van der Waals surface area contributed by atoms with E-state index in [4.69, 9.17) is 4.74 Å². The fourth-order valence-electron chi connectivity index (χ4n) is 2.80. The van der Waals surface area contributed by atoms with Crippen molar-refractivity contribution < 1.29 is 18.1 Å². The molecular weight excluding hydrogens is 422 g/mol. The van der Waals surface area contributed by atoms with Gasteiger partial charge in [-0.2, -0.15) is 0 Å². The van der Waals surface area contributed by atoms with Crippen molar-refractivity contribution in [3.63, 3.8) is 0 Å². The number of rotatable bonds is 5. The zero-order valence-electron chi connectivity index (χ0n) is 14.6. The van der Waals surface area contributed by atoms with Crippen LogP contribution in [0.5, 0.6) is 11.5 Å². The lowest BCUT2D eigenvalue weighted by atomic mass is 10.2. The standard InChI is InChI=1S/C17H13N3O5S3/c1-9-19-16-15(27-9)8-14(11-5-6-26-17(11)16)25-13-4-3-10(28(23,24)18-2)7-12(13)20(21)22/h3-8,18H,1-2H3. The van der Waals surface area contributed by atoms with Crippen molar-refractivity contribution in [1.82, 2.24) is 9.71 Å². The number of sulfonamides is 1. The molecule has 4 aromatic rings. The quantitative estimate of drug-likeness (QED) is 0.367. The van der Waals surface area contributed by atoms with Crippen molar-refractivity contribution in [3.05, 3.63) is 50.8 Å². The maximum absolute atomic E-state index is 12.0. The van der Waals surface area contributed by atoms with Gasteiger partial charge in [-0.3, -0.25) is 10.1 Å². The maximum atomic E-state index is 12.0. The molecule has 2 heterocycles. The summed E-state index contributed by atoms with van der Waals surface area (Å²) in [5, 5.41) is 15.1. The molecule has 0 aliphatic carbocycles. The lowest BCUT2D eigenvalue weighted by Crippen LogP contribution is -2.18. The highest BCUT2D eigenvalue weighted by molar-refractivity contribution is 7.89. The number of hydrogen-bond acceptors (Lipinski definition) is 8. The summed E-state index contributed by atoms with van der Waals surface area (Å²) in [5.41, 5.74) is 0.449. The molecule has 0 unspecified atom stereocenters. The number of thiazole rings is 1. The topological polar surface area (TPSA) is 111 Å². The first-order valence-corrected chi connectivity index (χ1v) is 11.2. The van der Waals surface area contributed by atoms with Crippen LogP contribution in [0.1, 0.15) is 5.01 Å². The molecule has 8 nitrogen and oxygen atoms in total. The number of ether oxygens (including phenoxy) is 1. The van der Waals surface area contributed by atoms with E-state index in [9.17, 15) is 18.5 Å². The molecule has 1 N–H and O–H groups in total. The molecular formula is C17H13N3O5S3. The zero-order valence-corrected chi connectivity index (χ0v) is 17.1. The third kappa shape index (κ3) is 3.11. The molecule has 0 aliphatic rings. The summed E-state index contributed by atoms with van der Waals surface area (Å²) in [4.78, 5) is 15.2. The van der Waals surface area contributed by atoms with Gasteiger partial charge in [0.2, 0.25) is 15.8 Å². The Bertz CT molecular complexity index is 1340. The summed E-state index contributed by atoms with van der Waals surface area (Å²) >= 11 is 3.03. The van der Waals surface area contributed by atoms with E-state index < -0.39 is 20.6 Å². The predicted octanol–water partition coefficient (Wildman–Crippen LogP) is 4.43. The van der Waals surface area contributed by atoms with E-state index in [1.807, 2.05) is 18.4 Å². The Morgan fingerprint density at radius 3 is 2.71 bits per heavy atom. The number of nitrogens with zero attached hydrogens (tertiary/aromatic N) is 2. The minimum absolute atomic E-state index is 0.0341.